The van der Waals surface area contributed by atoms with Crippen molar-refractivity contribution < 1.29 is 9.59 Å². The van der Waals surface area contributed by atoms with Crippen LogP contribution in [0.2, 0.25) is 0 Å². The molecule has 0 bridgehead atoms. The molecule has 6 nitrogen and oxygen atoms in total. The second-order valence-electron chi connectivity index (χ2n) is 8.01. The summed E-state index contributed by atoms with van der Waals surface area (Å²) < 4.78 is 0. The van der Waals surface area contributed by atoms with E-state index < -0.39 is 0 Å². The van der Waals surface area contributed by atoms with E-state index in [9.17, 15) is 9.59 Å². The Balaban J connectivity index is 1.31. The summed E-state index contributed by atoms with van der Waals surface area (Å²) in [5.74, 6) is -0.00223. The first-order valence-electron chi connectivity index (χ1n) is 10.8. The minimum absolute atomic E-state index is 0.00223. The topological polar surface area (TPSA) is 73.5 Å². The first-order valence-corrected chi connectivity index (χ1v) is 10.8. The molecule has 3 N–H and O–H groups in total. The Kier molecular flexibility index (Phi) is 8.27. The van der Waals surface area contributed by atoms with Gasteiger partial charge in [0.05, 0.1) is 6.54 Å². The van der Waals surface area contributed by atoms with Crippen molar-refractivity contribution in [2.75, 3.05) is 25.0 Å². The molecule has 6 heteroatoms. The molecule has 0 unspecified atom stereocenters. The molecule has 0 aliphatic carbocycles. The Morgan fingerprint density at radius 2 is 1.63 bits per heavy atom. The van der Waals surface area contributed by atoms with Crippen LogP contribution in [0.4, 0.5) is 10.5 Å². The average molecular weight is 409 g/mol. The molecule has 30 heavy (non-hydrogen) atoms. The lowest BCUT2D eigenvalue weighted by molar-refractivity contribution is -0.117. The smallest absolute Gasteiger partial charge is 0.315 e. The van der Waals surface area contributed by atoms with Crippen LogP contribution in [0.15, 0.2) is 60.7 Å². The van der Waals surface area contributed by atoms with Gasteiger partial charge >= 0.3 is 6.03 Å². The Morgan fingerprint density at radius 3 is 2.30 bits per heavy atom. The molecular formula is C24H32N4O2. The van der Waals surface area contributed by atoms with Crippen LogP contribution < -0.4 is 16.0 Å². The van der Waals surface area contributed by atoms with Crippen molar-refractivity contribution in [2.45, 2.75) is 44.7 Å². The van der Waals surface area contributed by atoms with Crippen LogP contribution in [0.3, 0.4) is 0 Å². The Bertz CT molecular complexity index is 789. The number of likely N-dealkylation sites (tertiary alicyclic amines) is 1. The average Bonchev–Trinajstić information content (AvgIpc) is 2.75. The predicted molar refractivity (Wildman–Crippen MR) is 120 cm³/mol. The zero-order valence-corrected chi connectivity index (χ0v) is 17.6. The van der Waals surface area contributed by atoms with Crippen molar-refractivity contribution in [1.82, 2.24) is 15.5 Å². The van der Waals surface area contributed by atoms with Gasteiger partial charge in [0.25, 0.3) is 0 Å². The van der Waals surface area contributed by atoms with E-state index >= 15 is 0 Å². The fourth-order valence-electron chi connectivity index (χ4n) is 3.71. The molecule has 1 aliphatic rings. The summed E-state index contributed by atoms with van der Waals surface area (Å²) in [6.45, 7) is 4.02. The number of amides is 3. The van der Waals surface area contributed by atoms with E-state index in [1.165, 1.54) is 5.56 Å². The van der Waals surface area contributed by atoms with Crippen molar-refractivity contribution in [3.63, 3.8) is 0 Å². The highest BCUT2D eigenvalue weighted by Crippen LogP contribution is 2.11. The number of hydrogen-bond acceptors (Lipinski definition) is 3. The molecule has 2 aromatic carbocycles. The van der Waals surface area contributed by atoms with E-state index in [0.717, 1.165) is 44.5 Å². The number of hydrogen-bond donors (Lipinski definition) is 3. The highest BCUT2D eigenvalue weighted by molar-refractivity contribution is 5.92. The van der Waals surface area contributed by atoms with Gasteiger partial charge in [-0.1, -0.05) is 48.5 Å². The first kappa shape index (κ1) is 21.8. The summed E-state index contributed by atoms with van der Waals surface area (Å²) in [5.41, 5.74) is 2.10. The molecule has 1 fully saturated rings. The van der Waals surface area contributed by atoms with E-state index in [2.05, 4.69) is 33.0 Å². The first-order chi connectivity index (χ1) is 14.6. The van der Waals surface area contributed by atoms with Crippen LogP contribution in [0.25, 0.3) is 0 Å². The van der Waals surface area contributed by atoms with Gasteiger partial charge in [0.1, 0.15) is 0 Å². The van der Waals surface area contributed by atoms with E-state index in [1.807, 2.05) is 55.5 Å². The van der Waals surface area contributed by atoms with Crippen molar-refractivity contribution in [2.24, 2.45) is 0 Å². The minimum atomic E-state index is -0.101. The van der Waals surface area contributed by atoms with Crippen LogP contribution in [-0.2, 0) is 11.2 Å². The van der Waals surface area contributed by atoms with E-state index in [1.54, 1.807) is 0 Å². The van der Waals surface area contributed by atoms with Gasteiger partial charge in [0, 0.05) is 30.9 Å². The van der Waals surface area contributed by atoms with Gasteiger partial charge in [-0.3, -0.25) is 9.69 Å². The van der Waals surface area contributed by atoms with Crippen LogP contribution >= 0.6 is 0 Å². The van der Waals surface area contributed by atoms with Gasteiger partial charge in [0.2, 0.25) is 5.91 Å². The van der Waals surface area contributed by atoms with Crippen LogP contribution in [0.1, 0.15) is 31.7 Å². The molecule has 160 valence electrons. The highest BCUT2D eigenvalue weighted by Gasteiger charge is 2.22. The van der Waals surface area contributed by atoms with Gasteiger partial charge < -0.3 is 16.0 Å². The highest BCUT2D eigenvalue weighted by atomic mass is 16.2. The molecule has 3 amide bonds. The third kappa shape index (κ3) is 7.52. The van der Waals surface area contributed by atoms with E-state index in [0.29, 0.717) is 6.54 Å². The number of carbonyl (C=O) groups excluding carboxylic acids is 2. The maximum atomic E-state index is 12.3. The maximum Gasteiger partial charge on any atom is 0.315 e. The molecule has 0 aromatic heterocycles. The molecular weight excluding hydrogens is 376 g/mol. The summed E-state index contributed by atoms with van der Waals surface area (Å²) in [4.78, 5) is 26.6. The fraction of sp³-hybridized carbons (Fsp3) is 0.417. The van der Waals surface area contributed by atoms with Gasteiger partial charge in [0.15, 0.2) is 0 Å². The van der Waals surface area contributed by atoms with Crippen molar-refractivity contribution in [1.29, 1.82) is 0 Å². The number of aryl methyl sites for hydroxylation is 1. The second-order valence-corrected chi connectivity index (χ2v) is 8.01. The number of urea groups is 1. The Morgan fingerprint density at radius 1 is 1.00 bits per heavy atom. The van der Waals surface area contributed by atoms with Crippen LogP contribution in [0, 0.1) is 0 Å². The number of piperidine rings is 1. The zero-order valence-electron chi connectivity index (χ0n) is 17.6. The third-order valence-corrected chi connectivity index (χ3v) is 5.43. The lowest BCUT2D eigenvalue weighted by Crippen LogP contribution is -2.50. The largest absolute Gasteiger partial charge is 0.336 e. The zero-order chi connectivity index (χ0) is 21.2. The number of anilines is 1. The predicted octanol–water partition coefficient (Wildman–Crippen LogP) is 3.41. The van der Waals surface area contributed by atoms with Gasteiger partial charge in [-0.2, -0.15) is 0 Å². The van der Waals surface area contributed by atoms with Crippen molar-refractivity contribution in [3.8, 4) is 0 Å². The summed E-state index contributed by atoms with van der Waals surface area (Å²) in [6, 6.07) is 20.0. The van der Waals surface area contributed by atoms with Gasteiger partial charge in [-0.15, -0.1) is 0 Å². The molecule has 3 rings (SSSR count). The Labute approximate surface area is 179 Å². The summed E-state index contributed by atoms with van der Waals surface area (Å²) in [5, 5.41) is 9.04. The van der Waals surface area contributed by atoms with Crippen LogP contribution in [0.5, 0.6) is 0 Å². The quantitative estimate of drug-likeness (QED) is 0.627. The fourth-order valence-corrected chi connectivity index (χ4v) is 3.71. The summed E-state index contributed by atoms with van der Waals surface area (Å²) in [6.07, 6.45) is 3.56. The number of nitrogens with one attached hydrogen (secondary N) is 3. The monoisotopic (exact) mass is 408 g/mol. The number of carbonyl (C=O) groups is 2. The van der Waals surface area contributed by atoms with E-state index in [-0.39, 0.29) is 24.0 Å². The minimum Gasteiger partial charge on any atom is -0.336 e. The lowest BCUT2D eigenvalue weighted by Gasteiger charge is -2.32. The van der Waals surface area contributed by atoms with Crippen molar-refractivity contribution >= 4 is 17.6 Å². The molecule has 1 atom stereocenters. The molecule has 1 heterocycles. The SMILES string of the molecule is C[C@H](CCc1ccccc1)NC(=O)NC1CCN(CC(=O)Nc2ccccc2)CC1. The number of benzene rings is 2. The Hall–Kier alpha value is -2.86. The molecule has 0 saturated carbocycles. The maximum absolute atomic E-state index is 12.3. The molecule has 1 saturated heterocycles. The number of rotatable bonds is 8. The second kappa shape index (κ2) is 11.4. The van der Waals surface area contributed by atoms with E-state index in [4.69, 9.17) is 0 Å². The van der Waals surface area contributed by atoms with Gasteiger partial charge in [-0.05, 0) is 50.3 Å². The molecule has 0 spiro atoms. The third-order valence-electron chi connectivity index (χ3n) is 5.43. The number of para-hydroxylation sites is 1. The normalized spacial score (nSPS) is 15.9. The standard InChI is InChI=1S/C24H32N4O2/c1-19(12-13-20-8-4-2-5-9-20)25-24(30)27-22-14-16-28(17-15-22)18-23(29)26-21-10-6-3-7-11-21/h2-11,19,22H,12-18H2,1H3,(H,26,29)(H2,25,27,30)/t19-/m1/s1. The summed E-state index contributed by atoms with van der Waals surface area (Å²) >= 11 is 0. The van der Waals surface area contributed by atoms with Gasteiger partial charge in [-0.25, -0.2) is 4.79 Å². The molecule has 1 aliphatic heterocycles. The molecule has 2 aromatic rings. The lowest BCUT2D eigenvalue weighted by atomic mass is 10.0. The number of nitrogens with zero attached hydrogens (tertiary/aromatic N) is 1. The molecule has 0 radical (unpaired) electrons. The summed E-state index contributed by atoms with van der Waals surface area (Å²) in [7, 11) is 0. The van der Waals surface area contributed by atoms with Crippen molar-refractivity contribution in [3.05, 3.63) is 66.2 Å². The van der Waals surface area contributed by atoms with Crippen LogP contribution in [-0.4, -0.2) is 48.6 Å².